The van der Waals surface area contributed by atoms with Crippen molar-refractivity contribution in [2.24, 2.45) is 11.8 Å². The second-order valence-corrected chi connectivity index (χ2v) is 8.95. The van der Waals surface area contributed by atoms with Gasteiger partial charge in [0.1, 0.15) is 19.3 Å². The maximum Gasteiger partial charge on any atom is 0.333 e. The first-order valence-electron chi connectivity index (χ1n) is 13.2. The van der Waals surface area contributed by atoms with Crippen LogP contribution in [-0.4, -0.2) is 72.7 Å². The molecule has 9 heteroatoms. The fourth-order valence-corrected chi connectivity index (χ4v) is 2.77. The van der Waals surface area contributed by atoms with Crippen LogP contribution in [-0.2, 0) is 28.7 Å². The van der Waals surface area contributed by atoms with Gasteiger partial charge in [0.05, 0.1) is 0 Å². The minimum Gasteiger partial charge on any atom is -0.463 e. The van der Waals surface area contributed by atoms with Gasteiger partial charge in [-0.25, -0.2) is 4.79 Å². The average molecular weight is 515 g/mol. The van der Waals surface area contributed by atoms with Crippen molar-refractivity contribution < 1.29 is 33.8 Å². The number of rotatable bonds is 17. The number of ether oxygens (including phenoxy) is 2. The van der Waals surface area contributed by atoms with Crippen LogP contribution < -0.4 is 5.32 Å². The average Bonchev–Trinajstić information content (AvgIpc) is 2.87. The second kappa shape index (κ2) is 21.8. The van der Waals surface area contributed by atoms with Gasteiger partial charge in [0.25, 0.3) is 0 Å². The molecule has 0 heterocycles. The number of aliphatic hydroxyl groups is 1. The van der Waals surface area contributed by atoms with Crippen LogP contribution in [0.1, 0.15) is 87.0 Å². The highest BCUT2D eigenvalue weighted by Gasteiger charge is 2.15. The van der Waals surface area contributed by atoms with Crippen LogP contribution in [0.3, 0.4) is 0 Å². The lowest BCUT2D eigenvalue weighted by molar-refractivity contribution is -0.150. The zero-order valence-electron chi connectivity index (χ0n) is 23.6. The van der Waals surface area contributed by atoms with E-state index >= 15 is 0 Å². The first-order chi connectivity index (χ1) is 16.9. The quantitative estimate of drug-likeness (QED) is 0.173. The Morgan fingerprint density at radius 3 is 1.94 bits per heavy atom. The molecule has 0 radical (unpaired) electrons. The van der Waals surface area contributed by atoms with Crippen LogP contribution in [0.4, 0.5) is 0 Å². The maximum atomic E-state index is 11.6. The summed E-state index contributed by atoms with van der Waals surface area (Å²) >= 11 is 0. The Morgan fingerprint density at radius 2 is 1.44 bits per heavy atom. The molecule has 0 bridgehead atoms. The molecule has 0 fully saturated rings. The Morgan fingerprint density at radius 1 is 0.889 bits per heavy atom. The van der Waals surface area contributed by atoms with Gasteiger partial charge < -0.3 is 24.8 Å². The molecule has 0 aromatic heterocycles. The van der Waals surface area contributed by atoms with Crippen molar-refractivity contribution in [3.63, 3.8) is 0 Å². The van der Waals surface area contributed by atoms with Gasteiger partial charge in [0.15, 0.2) is 0 Å². The van der Waals surface area contributed by atoms with Crippen LogP contribution in [0, 0.1) is 11.8 Å². The monoisotopic (exact) mass is 514 g/mol. The summed E-state index contributed by atoms with van der Waals surface area (Å²) in [4.78, 5) is 47.6. The third-order valence-electron chi connectivity index (χ3n) is 5.72. The molecule has 9 nitrogen and oxygen atoms in total. The number of carbonyl (C=O) groups excluding carboxylic acids is 4. The van der Waals surface area contributed by atoms with Gasteiger partial charge in [-0.05, 0) is 46.5 Å². The van der Waals surface area contributed by atoms with E-state index in [4.69, 9.17) is 9.47 Å². The van der Waals surface area contributed by atoms with E-state index < -0.39 is 18.0 Å². The Bertz CT molecular complexity index is 663. The molecule has 0 aliphatic heterocycles. The number of hydrogen-bond acceptors (Lipinski definition) is 7. The molecule has 0 aliphatic carbocycles. The standard InChI is InChI=1S/C18H31NO6.C9H19NO/c1-5-14(4)17(22)19-10-8-6-7-9-16(21)24-11-15(20)12-25-18(23)13(2)3;1-5-8(4)9(11)10(6-2)7-3/h14-15,20H,2,5-12H2,1,3-4H3,(H,19,22);8H,5-7H2,1-4H3. The number of aliphatic hydroxyl groups excluding tert-OH is 1. The Kier molecular flexibility index (Phi) is 21.7. The van der Waals surface area contributed by atoms with Crippen LogP contribution in [0.5, 0.6) is 0 Å². The first-order valence-corrected chi connectivity index (χ1v) is 13.2. The van der Waals surface area contributed by atoms with Crippen LogP contribution >= 0.6 is 0 Å². The smallest absolute Gasteiger partial charge is 0.333 e. The van der Waals surface area contributed by atoms with E-state index in [1.54, 1.807) is 0 Å². The maximum absolute atomic E-state index is 11.6. The second-order valence-electron chi connectivity index (χ2n) is 8.95. The summed E-state index contributed by atoms with van der Waals surface area (Å²) in [7, 11) is 0. The largest absolute Gasteiger partial charge is 0.463 e. The van der Waals surface area contributed by atoms with Crippen molar-refractivity contribution in [3.8, 4) is 0 Å². The van der Waals surface area contributed by atoms with Gasteiger partial charge in [0.2, 0.25) is 11.8 Å². The molecule has 0 rings (SSSR count). The van der Waals surface area contributed by atoms with E-state index in [0.29, 0.717) is 13.0 Å². The first kappa shape index (κ1) is 35.7. The molecule has 0 aliphatic rings. The number of carbonyl (C=O) groups is 4. The Hall–Kier alpha value is -2.42. The fraction of sp³-hybridized carbons (Fsp3) is 0.778. The lowest BCUT2D eigenvalue weighted by atomic mass is 10.1. The van der Waals surface area contributed by atoms with Crippen molar-refractivity contribution in [1.82, 2.24) is 10.2 Å². The number of esters is 2. The molecule has 2 N–H and O–H groups in total. The van der Waals surface area contributed by atoms with Gasteiger partial charge in [-0.3, -0.25) is 14.4 Å². The number of nitrogens with zero attached hydrogens (tertiary/aromatic N) is 1. The topological polar surface area (TPSA) is 122 Å². The number of nitrogens with one attached hydrogen (secondary N) is 1. The summed E-state index contributed by atoms with van der Waals surface area (Å²) in [6.07, 6.45) is 3.20. The van der Waals surface area contributed by atoms with Gasteiger partial charge >= 0.3 is 11.9 Å². The van der Waals surface area contributed by atoms with E-state index in [-0.39, 0.29) is 48.9 Å². The van der Waals surface area contributed by atoms with Crippen molar-refractivity contribution in [3.05, 3.63) is 12.2 Å². The van der Waals surface area contributed by atoms with Crippen molar-refractivity contribution >= 4 is 23.8 Å². The highest BCUT2D eigenvalue weighted by atomic mass is 16.6. The lowest BCUT2D eigenvalue weighted by Gasteiger charge is -2.21. The molecule has 36 heavy (non-hydrogen) atoms. The third-order valence-corrected chi connectivity index (χ3v) is 5.72. The summed E-state index contributed by atoms with van der Waals surface area (Å²) in [6.45, 7) is 18.7. The molecule has 0 saturated heterocycles. The summed E-state index contributed by atoms with van der Waals surface area (Å²) in [5.41, 5.74) is 0.240. The molecule has 3 atom stereocenters. The molecule has 3 unspecified atom stereocenters. The molecule has 0 saturated carbocycles. The minimum atomic E-state index is -1.05. The van der Waals surface area contributed by atoms with Crippen LogP contribution in [0.15, 0.2) is 12.2 Å². The van der Waals surface area contributed by atoms with E-state index in [0.717, 1.165) is 38.8 Å². The number of unbranched alkanes of at least 4 members (excludes halogenated alkanes) is 2. The predicted molar refractivity (Wildman–Crippen MR) is 141 cm³/mol. The molecule has 2 amide bonds. The lowest BCUT2D eigenvalue weighted by Crippen LogP contribution is -2.34. The molecule has 0 aromatic rings. The van der Waals surface area contributed by atoms with E-state index in [1.165, 1.54) is 6.92 Å². The SMILES string of the molecule is C=C(C)C(=O)OCC(O)COC(=O)CCCCCNC(=O)C(C)CC.CCC(C)C(=O)N(CC)CC. The molecule has 0 spiro atoms. The van der Waals surface area contributed by atoms with Crippen LogP contribution in [0.25, 0.3) is 0 Å². The molecule has 0 aromatic carbocycles. The van der Waals surface area contributed by atoms with E-state index in [1.807, 2.05) is 46.4 Å². The van der Waals surface area contributed by atoms with Gasteiger partial charge in [-0.1, -0.05) is 40.7 Å². The summed E-state index contributed by atoms with van der Waals surface area (Å²) < 4.78 is 9.67. The summed E-state index contributed by atoms with van der Waals surface area (Å²) in [5.74, 6) is -0.438. The Balaban J connectivity index is 0. The minimum absolute atomic E-state index is 0.0241. The molecular weight excluding hydrogens is 464 g/mol. The fourth-order valence-electron chi connectivity index (χ4n) is 2.77. The van der Waals surface area contributed by atoms with Gasteiger partial charge in [0, 0.05) is 43.5 Å². The predicted octanol–water partition coefficient (Wildman–Crippen LogP) is 3.63. The van der Waals surface area contributed by atoms with Crippen molar-refractivity contribution in [2.45, 2.75) is 93.1 Å². The zero-order valence-corrected chi connectivity index (χ0v) is 23.6. The highest BCUT2D eigenvalue weighted by Crippen LogP contribution is 2.06. The van der Waals surface area contributed by atoms with Crippen LogP contribution in [0.2, 0.25) is 0 Å². The van der Waals surface area contributed by atoms with Gasteiger partial charge in [-0.15, -0.1) is 0 Å². The van der Waals surface area contributed by atoms with Crippen molar-refractivity contribution in [1.29, 1.82) is 0 Å². The molecule has 210 valence electrons. The van der Waals surface area contributed by atoms with E-state index in [9.17, 15) is 24.3 Å². The summed E-state index contributed by atoms with van der Waals surface area (Å²) in [6, 6.07) is 0. The normalized spacial score (nSPS) is 12.8. The number of amides is 2. The van der Waals surface area contributed by atoms with E-state index in [2.05, 4.69) is 11.9 Å². The van der Waals surface area contributed by atoms with Gasteiger partial charge in [-0.2, -0.15) is 0 Å². The summed E-state index contributed by atoms with van der Waals surface area (Å²) in [5, 5.41) is 12.4. The van der Waals surface area contributed by atoms with Crippen molar-refractivity contribution in [2.75, 3.05) is 32.8 Å². The Labute approximate surface area is 218 Å². The third kappa shape index (κ3) is 17.9. The highest BCUT2D eigenvalue weighted by molar-refractivity contribution is 5.86. The zero-order chi connectivity index (χ0) is 28.1. The number of hydrogen-bond donors (Lipinski definition) is 2. The molecular formula is C27H50N2O7.